The summed E-state index contributed by atoms with van der Waals surface area (Å²) in [6.07, 6.45) is 3.84. The van der Waals surface area contributed by atoms with Gasteiger partial charge in [0.05, 0.1) is 17.5 Å². The van der Waals surface area contributed by atoms with Gasteiger partial charge in [-0.1, -0.05) is 30.3 Å². The molecule has 3 heteroatoms. The SMILES string of the molecule is Brc1cccn2cnc(-c3ccccc3)c12. The Bertz CT molecular complexity index is 629. The molecular formula is C13H9BrN2. The number of pyridine rings is 1. The second kappa shape index (κ2) is 3.76. The van der Waals surface area contributed by atoms with Crippen LogP contribution in [0.3, 0.4) is 0 Å². The van der Waals surface area contributed by atoms with Crippen LogP contribution in [0.2, 0.25) is 0 Å². The van der Waals surface area contributed by atoms with E-state index in [0.717, 1.165) is 21.2 Å². The molecule has 2 aromatic heterocycles. The molecule has 0 radical (unpaired) electrons. The van der Waals surface area contributed by atoms with Crippen molar-refractivity contribution < 1.29 is 0 Å². The summed E-state index contributed by atoms with van der Waals surface area (Å²) < 4.78 is 3.08. The third kappa shape index (κ3) is 1.44. The molecule has 16 heavy (non-hydrogen) atoms. The van der Waals surface area contributed by atoms with Gasteiger partial charge in [0.2, 0.25) is 0 Å². The third-order valence-corrected chi connectivity index (χ3v) is 3.20. The molecule has 0 N–H and O–H groups in total. The first kappa shape index (κ1) is 9.60. The van der Waals surface area contributed by atoms with Gasteiger partial charge in [-0.05, 0) is 28.1 Å². The molecule has 0 spiro atoms. The van der Waals surface area contributed by atoms with Gasteiger partial charge in [-0.25, -0.2) is 4.98 Å². The summed E-state index contributed by atoms with van der Waals surface area (Å²) in [5.41, 5.74) is 3.25. The predicted molar refractivity (Wildman–Crippen MR) is 68.3 cm³/mol. The van der Waals surface area contributed by atoms with Gasteiger partial charge in [0.25, 0.3) is 0 Å². The van der Waals surface area contributed by atoms with Gasteiger partial charge in [-0.2, -0.15) is 0 Å². The topological polar surface area (TPSA) is 17.3 Å². The molecule has 78 valence electrons. The first-order valence-corrected chi connectivity index (χ1v) is 5.82. The van der Waals surface area contributed by atoms with Gasteiger partial charge < -0.3 is 4.40 Å². The lowest BCUT2D eigenvalue weighted by Crippen LogP contribution is -1.83. The summed E-state index contributed by atoms with van der Waals surface area (Å²) in [5, 5.41) is 0. The largest absolute Gasteiger partial charge is 0.305 e. The number of aromatic nitrogens is 2. The van der Waals surface area contributed by atoms with E-state index in [0.29, 0.717) is 0 Å². The standard InChI is InChI=1S/C13H9BrN2/c14-11-7-4-8-16-9-15-12(13(11)16)10-5-2-1-3-6-10/h1-9H. The molecule has 0 unspecified atom stereocenters. The number of benzene rings is 1. The monoisotopic (exact) mass is 272 g/mol. The molecule has 3 aromatic rings. The van der Waals surface area contributed by atoms with Crippen LogP contribution in [0.5, 0.6) is 0 Å². The van der Waals surface area contributed by atoms with E-state index in [9.17, 15) is 0 Å². The highest BCUT2D eigenvalue weighted by Gasteiger charge is 2.08. The van der Waals surface area contributed by atoms with Gasteiger partial charge in [-0.15, -0.1) is 0 Å². The number of hydrogen-bond acceptors (Lipinski definition) is 1. The van der Waals surface area contributed by atoms with Crippen molar-refractivity contribution in [3.8, 4) is 11.3 Å². The Balaban J connectivity index is 2.33. The van der Waals surface area contributed by atoms with E-state index < -0.39 is 0 Å². The number of imidazole rings is 1. The van der Waals surface area contributed by atoms with Crippen LogP contribution in [-0.4, -0.2) is 9.38 Å². The Kier molecular flexibility index (Phi) is 2.26. The zero-order valence-corrected chi connectivity index (χ0v) is 10.1. The maximum atomic E-state index is 4.46. The number of fused-ring (bicyclic) bond motifs is 1. The average Bonchev–Trinajstić information content (AvgIpc) is 2.75. The van der Waals surface area contributed by atoms with Crippen molar-refractivity contribution in [2.45, 2.75) is 0 Å². The van der Waals surface area contributed by atoms with Crippen LogP contribution < -0.4 is 0 Å². The van der Waals surface area contributed by atoms with E-state index in [1.54, 1.807) is 0 Å². The van der Waals surface area contributed by atoms with Gasteiger partial charge >= 0.3 is 0 Å². The molecule has 0 saturated carbocycles. The molecule has 0 aliphatic heterocycles. The maximum absolute atomic E-state index is 4.46. The summed E-state index contributed by atoms with van der Waals surface area (Å²) in [4.78, 5) is 4.46. The fourth-order valence-electron chi connectivity index (χ4n) is 1.82. The van der Waals surface area contributed by atoms with Crippen LogP contribution >= 0.6 is 15.9 Å². The summed E-state index contributed by atoms with van der Waals surface area (Å²) >= 11 is 3.56. The van der Waals surface area contributed by atoms with Crippen LogP contribution in [0.25, 0.3) is 16.8 Å². The molecule has 1 aromatic carbocycles. The molecule has 0 saturated heterocycles. The van der Waals surface area contributed by atoms with E-state index >= 15 is 0 Å². The second-order valence-electron chi connectivity index (χ2n) is 3.57. The highest BCUT2D eigenvalue weighted by atomic mass is 79.9. The molecule has 2 nitrogen and oxygen atoms in total. The van der Waals surface area contributed by atoms with Crippen molar-refractivity contribution in [2.75, 3.05) is 0 Å². The minimum absolute atomic E-state index is 1.01. The fourth-order valence-corrected chi connectivity index (χ4v) is 2.36. The first-order valence-electron chi connectivity index (χ1n) is 5.03. The van der Waals surface area contributed by atoms with Crippen LogP contribution in [0.4, 0.5) is 0 Å². The van der Waals surface area contributed by atoms with Crippen molar-refractivity contribution in [3.05, 3.63) is 59.5 Å². The Morgan fingerprint density at radius 2 is 1.81 bits per heavy atom. The quantitative estimate of drug-likeness (QED) is 0.659. The second-order valence-corrected chi connectivity index (χ2v) is 4.43. The number of rotatable bonds is 1. The van der Waals surface area contributed by atoms with Crippen LogP contribution in [0, 0.1) is 0 Å². The molecule has 0 amide bonds. The first-order chi connectivity index (χ1) is 7.86. The molecule has 0 bridgehead atoms. The van der Waals surface area contributed by atoms with Gasteiger partial charge in [0.1, 0.15) is 0 Å². The number of nitrogens with zero attached hydrogens (tertiary/aromatic N) is 2. The van der Waals surface area contributed by atoms with Crippen molar-refractivity contribution in [1.29, 1.82) is 0 Å². The number of hydrogen-bond donors (Lipinski definition) is 0. The summed E-state index contributed by atoms with van der Waals surface area (Å²) in [5.74, 6) is 0. The van der Waals surface area contributed by atoms with Gasteiger partial charge in [0, 0.05) is 16.2 Å². The van der Waals surface area contributed by atoms with E-state index in [1.165, 1.54) is 0 Å². The Morgan fingerprint density at radius 1 is 1.00 bits per heavy atom. The van der Waals surface area contributed by atoms with Gasteiger partial charge in [0.15, 0.2) is 0 Å². The molecule has 0 aliphatic rings. The zero-order chi connectivity index (χ0) is 11.0. The summed E-state index contributed by atoms with van der Waals surface area (Å²) in [6, 6.07) is 14.2. The van der Waals surface area contributed by atoms with Crippen molar-refractivity contribution in [3.63, 3.8) is 0 Å². The Morgan fingerprint density at radius 3 is 2.62 bits per heavy atom. The lowest BCUT2D eigenvalue weighted by molar-refractivity contribution is 1.15. The maximum Gasteiger partial charge on any atom is 0.1000 e. The summed E-state index contributed by atoms with van der Waals surface area (Å²) in [6.45, 7) is 0. The highest BCUT2D eigenvalue weighted by Crippen LogP contribution is 2.28. The lowest BCUT2D eigenvalue weighted by Gasteiger charge is -2.00. The van der Waals surface area contributed by atoms with Gasteiger partial charge in [-0.3, -0.25) is 0 Å². The highest BCUT2D eigenvalue weighted by molar-refractivity contribution is 9.10. The average molecular weight is 273 g/mol. The molecule has 0 atom stereocenters. The molecule has 3 rings (SSSR count). The Hall–Kier alpha value is -1.61. The van der Waals surface area contributed by atoms with E-state index in [2.05, 4.69) is 33.0 Å². The van der Waals surface area contributed by atoms with Crippen LogP contribution in [0.15, 0.2) is 59.5 Å². The van der Waals surface area contributed by atoms with Crippen LogP contribution in [-0.2, 0) is 0 Å². The van der Waals surface area contributed by atoms with E-state index in [4.69, 9.17) is 0 Å². The molecule has 0 aliphatic carbocycles. The predicted octanol–water partition coefficient (Wildman–Crippen LogP) is 3.76. The molecule has 2 heterocycles. The Labute approximate surface area is 102 Å². The van der Waals surface area contributed by atoms with Crippen molar-refractivity contribution >= 4 is 21.4 Å². The smallest absolute Gasteiger partial charge is 0.1000 e. The van der Waals surface area contributed by atoms with Crippen LogP contribution in [0.1, 0.15) is 0 Å². The van der Waals surface area contributed by atoms with E-state index in [1.807, 2.05) is 47.3 Å². The van der Waals surface area contributed by atoms with Crippen molar-refractivity contribution in [2.24, 2.45) is 0 Å². The van der Waals surface area contributed by atoms with Crippen molar-refractivity contribution in [1.82, 2.24) is 9.38 Å². The molecule has 0 fully saturated rings. The zero-order valence-electron chi connectivity index (χ0n) is 8.47. The fraction of sp³-hybridized carbons (Fsp3) is 0. The number of halogens is 1. The normalized spacial score (nSPS) is 10.8. The third-order valence-electron chi connectivity index (χ3n) is 2.56. The minimum atomic E-state index is 1.01. The molecular weight excluding hydrogens is 264 g/mol. The van der Waals surface area contributed by atoms with E-state index in [-0.39, 0.29) is 0 Å². The summed E-state index contributed by atoms with van der Waals surface area (Å²) in [7, 11) is 0. The lowest BCUT2D eigenvalue weighted by atomic mass is 10.1. The minimum Gasteiger partial charge on any atom is -0.305 e.